The predicted octanol–water partition coefficient (Wildman–Crippen LogP) is 5.04. The second kappa shape index (κ2) is 6.44. The molecule has 0 radical (unpaired) electrons. The van der Waals surface area contributed by atoms with Gasteiger partial charge in [-0.05, 0) is 61.8 Å². The molecule has 22 heavy (non-hydrogen) atoms. The van der Waals surface area contributed by atoms with E-state index in [1.54, 1.807) is 19.2 Å². The Morgan fingerprint density at radius 1 is 1.27 bits per heavy atom. The molecule has 112 valence electrons. The molecule has 1 aliphatic heterocycles. The lowest BCUT2D eigenvalue weighted by Gasteiger charge is -2.06. The summed E-state index contributed by atoms with van der Waals surface area (Å²) in [5, 5.41) is 0.645. The van der Waals surface area contributed by atoms with Crippen molar-refractivity contribution in [2.24, 2.45) is 4.99 Å². The Hall–Kier alpha value is -1.31. The molecule has 1 aromatic heterocycles. The van der Waals surface area contributed by atoms with Crippen LogP contribution in [0.4, 0.5) is 5.69 Å². The van der Waals surface area contributed by atoms with E-state index in [0.29, 0.717) is 20.5 Å². The molecule has 0 bridgehead atoms. The van der Waals surface area contributed by atoms with Gasteiger partial charge in [-0.1, -0.05) is 18.2 Å². The minimum absolute atomic E-state index is 0.0941. The fourth-order valence-electron chi connectivity index (χ4n) is 1.83. The lowest BCUT2D eigenvalue weighted by molar-refractivity contribution is -0.121. The minimum atomic E-state index is -0.0941. The number of rotatable bonds is 2. The summed E-state index contributed by atoms with van der Waals surface area (Å²) in [7, 11) is 1.71. The van der Waals surface area contributed by atoms with Crippen LogP contribution in [0.25, 0.3) is 6.08 Å². The number of aliphatic imine (C=N–C) groups is 1. The third kappa shape index (κ3) is 3.21. The Kier molecular flexibility index (Phi) is 4.56. The van der Waals surface area contributed by atoms with Crippen LogP contribution in [0, 0.1) is 0 Å². The number of hydrogen-bond acceptors (Lipinski definition) is 4. The van der Waals surface area contributed by atoms with Crippen molar-refractivity contribution in [2.75, 3.05) is 7.05 Å². The fourth-order valence-corrected chi connectivity index (χ4v) is 3.40. The number of amides is 1. The Morgan fingerprint density at radius 3 is 2.64 bits per heavy atom. The van der Waals surface area contributed by atoms with Crippen molar-refractivity contribution in [2.45, 2.75) is 0 Å². The molecule has 1 amide bonds. The molecule has 2 heterocycles. The molecule has 7 heteroatoms. The Bertz CT molecular complexity index is 765. The number of halogens is 2. The van der Waals surface area contributed by atoms with Crippen molar-refractivity contribution in [3.05, 3.63) is 56.2 Å². The first-order chi connectivity index (χ1) is 10.5. The van der Waals surface area contributed by atoms with Crippen LogP contribution in [0.15, 0.2) is 59.9 Å². The summed E-state index contributed by atoms with van der Waals surface area (Å²) in [6.45, 7) is 0. The molecule has 0 spiro atoms. The maximum absolute atomic E-state index is 12.3. The average molecular weight is 442 g/mol. The minimum Gasteiger partial charge on any atom is -0.449 e. The van der Waals surface area contributed by atoms with Crippen molar-refractivity contribution in [1.82, 2.24) is 4.90 Å². The molecule has 1 aliphatic rings. The maximum Gasteiger partial charge on any atom is 0.266 e. The molecule has 0 aliphatic carbocycles. The number of likely N-dealkylation sites (N-methyl/N-ethyl adjacent to an activating group) is 1. The van der Waals surface area contributed by atoms with E-state index in [1.165, 1.54) is 16.7 Å². The van der Waals surface area contributed by atoms with E-state index in [9.17, 15) is 4.79 Å². The van der Waals surface area contributed by atoms with Crippen molar-refractivity contribution in [3.8, 4) is 0 Å². The van der Waals surface area contributed by atoms with Gasteiger partial charge in [0, 0.05) is 13.1 Å². The molecule has 0 saturated carbocycles. The van der Waals surface area contributed by atoms with Gasteiger partial charge in [-0.2, -0.15) is 0 Å². The Morgan fingerprint density at radius 2 is 2.00 bits per heavy atom. The average Bonchev–Trinajstić information content (AvgIpc) is 2.95. The van der Waals surface area contributed by atoms with Crippen LogP contribution in [-0.4, -0.2) is 23.0 Å². The van der Waals surface area contributed by atoms with Crippen LogP contribution in [0.3, 0.4) is 0 Å². The standard InChI is InChI=1S/C15H10Br2N2O2S/c1-19-14(20)12(8-10-7-11(16)13(17)21-10)22-15(19)18-9-5-3-2-4-6-9/h2-8H,1H3/b12-8-,18-15?. The fraction of sp³-hybridized carbons (Fsp3) is 0.0667. The monoisotopic (exact) mass is 440 g/mol. The molecule has 4 nitrogen and oxygen atoms in total. The molecule has 1 saturated heterocycles. The molecule has 2 aromatic rings. The lowest BCUT2D eigenvalue weighted by Crippen LogP contribution is -2.23. The van der Waals surface area contributed by atoms with Gasteiger partial charge in [0.05, 0.1) is 15.1 Å². The highest BCUT2D eigenvalue weighted by Crippen LogP contribution is 2.35. The molecular weight excluding hydrogens is 432 g/mol. The third-order valence-electron chi connectivity index (χ3n) is 2.92. The summed E-state index contributed by atoms with van der Waals surface area (Å²) in [6, 6.07) is 11.4. The van der Waals surface area contributed by atoms with Crippen molar-refractivity contribution in [3.63, 3.8) is 0 Å². The summed E-state index contributed by atoms with van der Waals surface area (Å²) in [5.41, 5.74) is 0.814. The summed E-state index contributed by atoms with van der Waals surface area (Å²) < 4.78 is 6.89. The van der Waals surface area contributed by atoms with Gasteiger partial charge in [0.2, 0.25) is 0 Å². The number of carbonyl (C=O) groups excluding carboxylic acids is 1. The highest BCUT2D eigenvalue weighted by atomic mass is 79.9. The maximum atomic E-state index is 12.3. The van der Waals surface area contributed by atoms with E-state index in [-0.39, 0.29) is 5.91 Å². The molecular formula is C15H10Br2N2O2S. The molecule has 0 atom stereocenters. The summed E-state index contributed by atoms with van der Waals surface area (Å²) >= 11 is 7.96. The first-order valence-electron chi connectivity index (χ1n) is 6.31. The van der Waals surface area contributed by atoms with Crippen LogP contribution in [0.1, 0.15) is 5.76 Å². The van der Waals surface area contributed by atoms with Crippen LogP contribution in [-0.2, 0) is 4.79 Å². The number of thioether (sulfide) groups is 1. The van der Waals surface area contributed by atoms with E-state index in [0.717, 1.165) is 10.2 Å². The molecule has 0 N–H and O–H groups in total. The van der Waals surface area contributed by atoms with E-state index in [4.69, 9.17) is 4.42 Å². The summed E-state index contributed by atoms with van der Waals surface area (Å²) in [5.74, 6) is 0.507. The van der Waals surface area contributed by atoms with Gasteiger partial charge in [0.1, 0.15) is 5.76 Å². The number of para-hydroxylation sites is 1. The zero-order valence-corrected chi connectivity index (χ0v) is 15.4. The number of amidine groups is 1. The van der Waals surface area contributed by atoms with Gasteiger partial charge < -0.3 is 4.42 Å². The van der Waals surface area contributed by atoms with Crippen molar-refractivity contribution >= 4 is 66.5 Å². The topological polar surface area (TPSA) is 45.8 Å². The zero-order chi connectivity index (χ0) is 15.7. The highest BCUT2D eigenvalue weighted by Gasteiger charge is 2.30. The predicted molar refractivity (Wildman–Crippen MR) is 96.0 cm³/mol. The first kappa shape index (κ1) is 15.6. The van der Waals surface area contributed by atoms with Gasteiger partial charge in [-0.25, -0.2) is 4.99 Å². The Labute approximate surface area is 148 Å². The molecule has 1 aromatic carbocycles. The molecule has 0 unspecified atom stereocenters. The normalized spacial score (nSPS) is 18.7. The number of furan rings is 1. The molecule has 1 fully saturated rings. The third-order valence-corrected chi connectivity index (χ3v) is 5.69. The second-order valence-electron chi connectivity index (χ2n) is 4.48. The van der Waals surface area contributed by atoms with E-state index in [2.05, 4.69) is 36.9 Å². The highest BCUT2D eigenvalue weighted by molar-refractivity contribution is 9.13. The first-order valence-corrected chi connectivity index (χ1v) is 8.71. The van der Waals surface area contributed by atoms with Gasteiger partial charge in [-0.15, -0.1) is 0 Å². The largest absolute Gasteiger partial charge is 0.449 e. The van der Waals surface area contributed by atoms with Crippen LogP contribution >= 0.6 is 43.6 Å². The summed E-state index contributed by atoms with van der Waals surface area (Å²) in [6.07, 6.45) is 1.71. The number of hydrogen-bond donors (Lipinski definition) is 0. The number of nitrogens with zero attached hydrogens (tertiary/aromatic N) is 2. The lowest BCUT2D eigenvalue weighted by atomic mass is 10.3. The quantitative estimate of drug-likeness (QED) is 0.613. The van der Waals surface area contributed by atoms with Gasteiger partial charge in [-0.3, -0.25) is 9.69 Å². The number of benzene rings is 1. The van der Waals surface area contributed by atoms with Gasteiger partial charge >= 0.3 is 0 Å². The van der Waals surface area contributed by atoms with Crippen LogP contribution in [0.2, 0.25) is 0 Å². The van der Waals surface area contributed by atoms with Gasteiger partial charge in [0.15, 0.2) is 9.84 Å². The SMILES string of the molecule is CN1C(=O)/C(=C/c2cc(Br)c(Br)o2)SC1=Nc1ccccc1. The Balaban J connectivity index is 1.90. The van der Waals surface area contributed by atoms with E-state index < -0.39 is 0 Å². The smallest absolute Gasteiger partial charge is 0.266 e. The zero-order valence-electron chi connectivity index (χ0n) is 11.4. The van der Waals surface area contributed by atoms with Crippen molar-refractivity contribution in [1.29, 1.82) is 0 Å². The van der Waals surface area contributed by atoms with Gasteiger partial charge in [0.25, 0.3) is 5.91 Å². The van der Waals surface area contributed by atoms with Crippen molar-refractivity contribution < 1.29 is 9.21 Å². The summed E-state index contributed by atoms with van der Waals surface area (Å²) in [4.78, 5) is 18.9. The second-order valence-corrected chi connectivity index (χ2v) is 7.06. The van der Waals surface area contributed by atoms with Crippen LogP contribution in [0.5, 0.6) is 0 Å². The van der Waals surface area contributed by atoms with Crippen LogP contribution < -0.4 is 0 Å². The van der Waals surface area contributed by atoms with E-state index in [1.807, 2.05) is 30.3 Å². The molecule has 3 rings (SSSR count). The number of carbonyl (C=O) groups is 1. The van der Waals surface area contributed by atoms with E-state index >= 15 is 0 Å².